The summed E-state index contributed by atoms with van der Waals surface area (Å²) in [7, 11) is 4.53. The molecule has 0 bridgehead atoms. The van der Waals surface area contributed by atoms with Gasteiger partial charge in [-0.3, -0.25) is 15.0 Å². The molecule has 0 saturated heterocycles. The molecule has 0 aromatic heterocycles. The molecular weight excluding hydrogens is 537 g/mol. The molecule has 34 heavy (non-hydrogen) atoms. The normalized spacial score (nSPS) is 18.6. The van der Waals surface area contributed by atoms with E-state index < -0.39 is 0 Å². The number of hydrogen-bond donors (Lipinski definition) is 0. The second kappa shape index (κ2) is 12.6. The molecule has 0 atom stereocenters. The van der Waals surface area contributed by atoms with E-state index in [1.807, 2.05) is 24.2 Å². The van der Waals surface area contributed by atoms with Crippen molar-refractivity contribution in [2.24, 2.45) is 15.0 Å². The first kappa shape index (κ1) is 30.8. The Kier molecular flexibility index (Phi) is 11.4. The van der Waals surface area contributed by atoms with Crippen LogP contribution in [0.15, 0.2) is 27.1 Å². The third-order valence-corrected chi connectivity index (χ3v) is 4.97. The molecule has 0 saturated carbocycles. The summed E-state index contributed by atoms with van der Waals surface area (Å²) < 4.78 is 11.6. The molecule has 2 aliphatic heterocycles. The molecule has 0 unspecified atom stereocenters. The van der Waals surface area contributed by atoms with E-state index >= 15 is 0 Å². The van der Waals surface area contributed by atoms with Gasteiger partial charge in [0.1, 0.15) is 25.0 Å². The number of halogens is 1. The molecule has 3 rings (SSSR count). The van der Waals surface area contributed by atoms with Crippen molar-refractivity contribution in [3.8, 4) is 0 Å². The Hall–Kier alpha value is -1.26. The van der Waals surface area contributed by atoms with E-state index in [4.69, 9.17) is 19.5 Å². The second-order valence-electron chi connectivity index (χ2n) is 11.2. The summed E-state index contributed by atoms with van der Waals surface area (Å²) in [5, 5.41) is 0. The topological polar surface area (TPSA) is 55.5 Å². The number of hydrogen-bond acceptors (Lipinski definition) is 5. The minimum atomic E-state index is -0.190. The van der Waals surface area contributed by atoms with Gasteiger partial charge in [-0.1, -0.05) is 31.9 Å². The average molecular weight is 578 g/mol. The van der Waals surface area contributed by atoms with Gasteiger partial charge in [-0.2, -0.15) is 0 Å². The van der Waals surface area contributed by atoms with Gasteiger partial charge < -0.3 is 16.4 Å². The monoisotopic (exact) mass is 577 g/mol. The van der Waals surface area contributed by atoms with E-state index in [0.29, 0.717) is 31.1 Å². The van der Waals surface area contributed by atoms with Crippen molar-refractivity contribution in [2.45, 2.75) is 98.2 Å². The van der Waals surface area contributed by atoms with Crippen LogP contribution >= 0.6 is 9.69 Å². The third kappa shape index (κ3) is 9.78. The van der Waals surface area contributed by atoms with Crippen molar-refractivity contribution in [1.29, 1.82) is 0 Å². The Labute approximate surface area is 221 Å². The number of aliphatic imine (C=N–C) groups is 3. The zero-order chi connectivity index (χ0) is 26.3. The summed E-state index contributed by atoms with van der Waals surface area (Å²) in [4.78, 5) is 13.6. The van der Waals surface area contributed by atoms with Crippen LogP contribution in [0.25, 0.3) is 0 Å². The molecular formula is C27H41ClN3O2Rh. The van der Waals surface area contributed by atoms with Gasteiger partial charge in [0.05, 0.1) is 11.1 Å². The van der Waals surface area contributed by atoms with Gasteiger partial charge >= 0.3 is 27.0 Å². The van der Waals surface area contributed by atoms with Crippen molar-refractivity contribution >= 4 is 27.2 Å². The first-order valence-electron chi connectivity index (χ1n) is 11.6. The summed E-state index contributed by atoms with van der Waals surface area (Å²) in [6.07, 6.45) is 0.832. The molecule has 0 radical (unpaired) electrons. The Bertz CT molecular complexity index is 861. The predicted octanol–water partition coefficient (Wildman–Crippen LogP) is 6.66. The van der Waals surface area contributed by atoms with E-state index in [0.717, 1.165) is 23.3 Å². The first-order chi connectivity index (χ1) is 15.6. The number of rotatable bonds is 4. The number of ether oxygens (including phenoxy) is 2. The van der Waals surface area contributed by atoms with Crippen LogP contribution in [0.4, 0.5) is 0 Å². The fourth-order valence-electron chi connectivity index (χ4n) is 3.18. The van der Waals surface area contributed by atoms with Crippen molar-refractivity contribution in [3.05, 3.63) is 41.8 Å². The molecule has 2 aliphatic rings. The second-order valence-corrected chi connectivity index (χ2v) is 11.2. The molecule has 2 heterocycles. The van der Waals surface area contributed by atoms with Crippen molar-refractivity contribution in [1.82, 2.24) is 0 Å². The van der Waals surface area contributed by atoms with Gasteiger partial charge in [0, 0.05) is 6.04 Å². The van der Waals surface area contributed by atoms with Gasteiger partial charge in [0.2, 0.25) is 0 Å². The van der Waals surface area contributed by atoms with Crippen molar-refractivity contribution in [3.63, 3.8) is 0 Å². The van der Waals surface area contributed by atoms with E-state index in [-0.39, 0.29) is 16.5 Å². The molecule has 1 aromatic rings. The predicted molar refractivity (Wildman–Crippen MR) is 141 cm³/mol. The molecule has 0 spiro atoms. The van der Waals surface area contributed by atoms with E-state index in [2.05, 4.69) is 102 Å². The van der Waals surface area contributed by atoms with E-state index in [9.17, 15) is 0 Å². The number of nitrogens with zero attached hydrogens (tertiary/aromatic N) is 3. The standard InChI is InChI=1S/C20H27N2O2.C7H14N.ClH.Rh/c1-18(2,3)15-9-13(16-21-19(4,5)11-23-16)8-14(10-15)17-22-20(6,7)12-24-17;1-5-7(4)8-6(2)3;;/h9-10H,11-12H2,1-7H3;6H,1,5H2,2-4H3;1H;/q2*-1;;+3/p-1. The van der Waals surface area contributed by atoms with Gasteiger partial charge in [-0.25, -0.2) is 0 Å². The summed E-state index contributed by atoms with van der Waals surface area (Å²) >= 11 is 2.02. The first-order valence-corrected chi connectivity index (χ1v) is 13.7. The maximum absolute atomic E-state index is 5.82. The van der Waals surface area contributed by atoms with Crippen LogP contribution in [0.5, 0.6) is 0 Å². The molecule has 1 aromatic carbocycles. The quantitative estimate of drug-likeness (QED) is 0.228. The Morgan fingerprint density at radius 3 is 1.71 bits per heavy atom. The molecule has 0 N–H and O–H groups in total. The van der Waals surface area contributed by atoms with Crippen LogP contribution in [0, 0.1) is 13.0 Å². The maximum atomic E-state index is 5.82. The molecule has 192 valence electrons. The molecule has 0 aliphatic carbocycles. The van der Waals surface area contributed by atoms with Crippen LogP contribution in [0.3, 0.4) is 0 Å². The van der Waals surface area contributed by atoms with Crippen LogP contribution in [0.2, 0.25) is 0 Å². The van der Waals surface area contributed by atoms with E-state index in [1.165, 1.54) is 5.56 Å². The fourth-order valence-corrected chi connectivity index (χ4v) is 3.18. The van der Waals surface area contributed by atoms with Gasteiger partial charge in [0.15, 0.2) is 0 Å². The van der Waals surface area contributed by atoms with Crippen LogP contribution in [0.1, 0.15) is 92.3 Å². The van der Waals surface area contributed by atoms with Gasteiger partial charge in [-0.15, -0.1) is 30.2 Å². The molecule has 5 nitrogen and oxygen atoms in total. The van der Waals surface area contributed by atoms with Gasteiger partial charge in [-0.05, 0) is 59.6 Å². The SMILES string of the molecule is CC1(C)COC(c2[c-]c(C3=NC(C)(C)CO3)cc(C(C)(C)C)c2)=N1.[CH2-]CC(C)=NC(C)C.[Cl][Rh+2]. The Morgan fingerprint density at radius 2 is 1.47 bits per heavy atom. The summed E-state index contributed by atoms with van der Waals surface area (Å²) in [5.41, 5.74) is 3.70. The third-order valence-electron chi connectivity index (χ3n) is 4.97. The zero-order valence-electron chi connectivity index (χ0n) is 22.4. The van der Waals surface area contributed by atoms with Gasteiger partial charge in [0.25, 0.3) is 0 Å². The summed E-state index contributed by atoms with van der Waals surface area (Å²) in [5.74, 6) is 1.32. The van der Waals surface area contributed by atoms with E-state index in [1.54, 1.807) is 0 Å². The summed E-state index contributed by atoms with van der Waals surface area (Å²) in [6.45, 7) is 25.9. The van der Waals surface area contributed by atoms with Crippen LogP contribution in [-0.4, -0.2) is 47.8 Å². The Balaban J connectivity index is 0.000000493. The Morgan fingerprint density at radius 1 is 1.06 bits per heavy atom. The van der Waals surface area contributed by atoms with Crippen LogP contribution < -0.4 is 0 Å². The fraction of sp³-hybridized carbons (Fsp3) is 0.630. The number of benzene rings is 1. The zero-order valence-corrected chi connectivity index (χ0v) is 24.8. The van der Waals surface area contributed by atoms with Crippen molar-refractivity contribution < 1.29 is 26.8 Å². The molecule has 0 fully saturated rings. The molecule has 0 amide bonds. The summed E-state index contributed by atoms with van der Waals surface area (Å²) in [6, 6.07) is 8.06. The average Bonchev–Trinajstić information content (AvgIpc) is 3.29. The molecule has 7 heteroatoms. The van der Waals surface area contributed by atoms with Crippen molar-refractivity contribution in [2.75, 3.05) is 13.2 Å². The minimum absolute atomic E-state index is 0.00195. The van der Waals surface area contributed by atoms with Crippen LogP contribution in [-0.2, 0) is 32.2 Å².